The van der Waals surface area contributed by atoms with Crippen LogP contribution in [0.4, 0.5) is 4.39 Å². The van der Waals surface area contributed by atoms with Gasteiger partial charge in [-0.2, -0.15) is 5.26 Å². The van der Waals surface area contributed by atoms with Gasteiger partial charge in [-0.1, -0.05) is 44.3 Å². The van der Waals surface area contributed by atoms with E-state index in [1.807, 2.05) is 0 Å². The number of aryl methyl sites for hydroxylation is 1. The van der Waals surface area contributed by atoms with E-state index in [1.165, 1.54) is 6.07 Å². The number of nitrogens with zero attached hydrogens (tertiary/aromatic N) is 1. The van der Waals surface area contributed by atoms with E-state index in [0.717, 1.165) is 12.0 Å². The summed E-state index contributed by atoms with van der Waals surface area (Å²) in [4.78, 5) is 0. The lowest BCUT2D eigenvalue weighted by Gasteiger charge is -2.33. The molecule has 0 amide bonds. The van der Waals surface area contributed by atoms with Gasteiger partial charge in [0, 0.05) is 12.3 Å². The maximum atomic E-state index is 14.1. The zero-order valence-corrected chi connectivity index (χ0v) is 11.5. The molecule has 0 aliphatic rings. The molecule has 0 fully saturated rings. The number of hydrogen-bond donors (Lipinski definition) is 0. The first-order valence-electron chi connectivity index (χ1n) is 6.26. The molecule has 0 saturated heterocycles. The molecule has 18 heavy (non-hydrogen) atoms. The fourth-order valence-corrected chi connectivity index (χ4v) is 2.12. The maximum Gasteiger partial charge on any atom is 0.126 e. The van der Waals surface area contributed by atoms with Gasteiger partial charge in [-0.3, -0.25) is 0 Å². The quantitative estimate of drug-likeness (QED) is 0.744. The highest BCUT2D eigenvalue weighted by molar-refractivity contribution is 6.33. The highest BCUT2D eigenvalue weighted by Crippen LogP contribution is 2.41. The second kappa shape index (κ2) is 5.56. The van der Waals surface area contributed by atoms with Crippen molar-refractivity contribution in [2.75, 3.05) is 0 Å². The van der Waals surface area contributed by atoms with Crippen molar-refractivity contribution in [3.05, 3.63) is 29.1 Å². The van der Waals surface area contributed by atoms with Crippen LogP contribution in [0.1, 0.15) is 50.7 Å². The summed E-state index contributed by atoms with van der Waals surface area (Å²) in [5.74, 6) is -0.390. The van der Waals surface area contributed by atoms with E-state index < -0.39 is 0 Å². The molecule has 3 heteroatoms. The predicted octanol–water partition coefficient (Wildman–Crippen LogP) is 3.36. The summed E-state index contributed by atoms with van der Waals surface area (Å²) in [6.45, 7) is 7.96. The van der Waals surface area contributed by atoms with Crippen LogP contribution in [0, 0.1) is 29.5 Å². The Balaban J connectivity index is 3.31. The van der Waals surface area contributed by atoms with Gasteiger partial charge in [-0.15, -0.1) is 0 Å². The molecular weight excluding hydrogens is 224 g/mol. The van der Waals surface area contributed by atoms with Gasteiger partial charge in [0.05, 0.1) is 6.07 Å². The first kappa shape index (κ1) is 14.8. The lowest BCUT2D eigenvalue weighted by atomic mass is 9.70. The molecule has 1 rings (SSSR count). The highest BCUT2D eigenvalue weighted by Gasteiger charge is 2.31. The number of halogens is 1. The topological polar surface area (TPSA) is 23.8 Å². The Labute approximate surface area is 110 Å². The normalized spacial score (nSPS) is 13.1. The molecule has 0 spiro atoms. The molecule has 0 heterocycles. The standard InChI is InChI=1S/C15H19BFN/c1-5-15(3,4)12(6-7-18)11-9-13(16)10(2)8-14(11)17/h8-9,12H,5-6H2,1-4H3. The molecule has 1 nitrogen and oxygen atoms in total. The van der Waals surface area contributed by atoms with E-state index in [-0.39, 0.29) is 17.2 Å². The molecule has 1 aromatic rings. The van der Waals surface area contributed by atoms with Crippen molar-refractivity contribution in [1.29, 1.82) is 5.26 Å². The number of rotatable bonds is 4. The first-order valence-corrected chi connectivity index (χ1v) is 6.26. The minimum absolute atomic E-state index is 0.127. The van der Waals surface area contributed by atoms with Crippen LogP contribution in [-0.4, -0.2) is 7.85 Å². The molecule has 0 saturated carbocycles. The van der Waals surface area contributed by atoms with Crippen molar-refractivity contribution < 1.29 is 4.39 Å². The van der Waals surface area contributed by atoms with Crippen LogP contribution >= 0.6 is 0 Å². The Morgan fingerprint density at radius 1 is 1.44 bits per heavy atom. The van der Waals surface area contributed by atoms with E-state index >= 15 is 0 Å². The third-order valence-corrected chi connectivity index (χ3v) is 3.91. The summed E-state index contributed by atoms with van der Waals surface area (Å²) < 4.78 is 14.1. The van der Waals surface area contributed by atoms with Gasteiger partial charge < -0.3 is 0 Å². The molecule has 0 bridgehead atoms. The summed E-state index contributed by atoms with van der Waals surface area (Å²) >= 11 is 0. The molecule has 0 aliphatic carbocycles. The molecule has 0 aromatic heterocycles. The Morgan fingerprint density at radius 2 is 2.06 bits per heavy atom. The van der Waals surface area contributed by atoms with E-state index in [9.17, 15) is 4.39 Å². The lowest BCUT2D eigenvalue weighted by Crippen LogP contribution is -2.24. The molecule has 2 radical (unpaired) electrons. The molecular formula is C15H19BFN. The largest absolute Gasteiger partial charge is 0.207 e. The number of nitriles is 1. The fourth-order valence-electron chi connectivity index (χ4n) is 2.12. The van der Waals surface area contributed by atoms with Crippen LogP contribution < -0.4 is 5.46 Å². The van der Waals surface area contributed by atoms with E-state index in [1.54, 1.807) is 13.0 Å². The van der Waals surface area contributed by atoms with Crippen LogP contribution in [0.3, 0.4) is 0 Å². The molecule has 1 atom stereocenters. The summed E-state index contributed by atoms with van der Waals surface area (Å²) in [6.07, 6.45) is 1.19. The maximum absolute atomic E-state index is 14.1. The second-order valence-corrected chi connectivity index (χ2v) is 5.49. The van der Waals surface area contributed by atoms with Crippen LogP contribution in [0.5, 0.6) is 0 Å². The van der Waals surface area contributed by atoms with Crippen LogP contribution in [0.15, 0.2) is 12.1 Å². The van der Waals surface area contributed by atoms with E-state index in [0.29, 0.717) is 17.4 Å². The van der Waals surface area contributed by atoms with E-state index in [2.05, 4.69) is 26.8 Å². The molecule has 0 aliphatic heterocycles. The first-order chi connectivity index (χ1) is 8.33. The van der Waals surface area contributed by atoms with Gasteiger partial charge in [-0.05, 0) is 24.0 Å². The predicted molar refractivity (Wildman–Crippen MR) is 73.6 cm³/mol. The fraction of sp³-hybridized carbons (Fsp3) is 0.533. The average molecular weight is 243 g/mol. The van der Waals surface area contributed by atoms with Crippen molar-refractivity contribution in [3.8, 4) is 6.07 Å². The zero-order chi connectivity index (χ0) is 13.9. The lowest BCUT2D eigenvalue weighted by molar-refractivity contribution is 0.270. The Kier molecular flexibility index (Phi) is 4.56. The van der Waals surface area contributed by atoms with E-state index in [4.69, 9.17) is 13.1 Å². The number of hydrogen-bond acceptors (Lipinski definition) is 1. The van der Waals surface area contributed by atoms with Crippen molar-refractivity contribution in [2.45, 2.75) is 46.5 Å². The van der Waals surface area contributed by atoms with Gasteiger partial charge in [0.1, 0.15) is 13.7 Å². The average Bonchev–Trinajstić information content (AvgIpc) is 2.31. The molecule has 1 aromatic carbocycles. The van der Waals surface area contributed by atoms with Crippen LogP contribution in [0.25, 0.3) is 0 Å². The van der Waals surface area contributed by atoms with Gasteiger partial charge in [0.25, 0.3) is 0 Å². The Hall–Kier alpha value is -1.30. The Bertz CT molecular complexity index is 474. The van der Waals surface area contributed by atoms with Crippen molar-refractivity contribution in [3.63, 3.8) is 0 Å². The number of benzene rings is 1. The third kappa shape index (κ3) is 2.93. The SMILES string of the molecule is [B]c1cc(C(CC#N)C(C)(C)CC)c(F)cc1C. The summed E-state index contributed by atoms with van der Waals surface area (Å²) in [7, 11) is 5.86. The zero-order valence-electron chi connectivity index (χ0n) is 11.5. The molecule has 94 valence electrons. The molecule has 0 N–H and O–H groups in total. The summed E-state index contributed by atoms with van der Waals surface area (Å²) in [5.41, 5.74) is 1.76. The van der Waals surface area contributed by atoms with Gasteiger partial charge in [0.15, 0.2) is 0 Å². The smallest absolute Gasteiger partial charge is 0.126 e. The van der Waals surface area contributed by atoms with Crippen LogP contribution in [0.2, 0.25) is 0 Å². The molecule has 1 unspecified atom stereocenters. The minimum atomic E-state index is -0.261. The van der Waals surface area contributed by atoms with Crippen LogP contribution in [-0.2, 0) is 0 Å². The van der Waals surface area contributed by atoms with Gasteiger partial charge in [0.2, 0.25) is 0 Å². The summed E-state index contributed by atoms with van der Waals surface area (Å²) in [6, 6.07) is 5.30. The highest BCUT2D eigenvalue weighted by atomic mass is 19.1. The third-order valence-electron chi connectivity index (χ3n) is 3.91. The summed E-state index contributed by atoms with van der Waals surface area (Å²) in [5, 5.41) is 8.97. The second-order valence-electron chi connectivity index (χ2n) is 5.49. The van der Waals surface area contributed by atoms with Crippen molar-refractivity contribution in [1.82, 2.24) is 0 Å². The van der Waals surface area contributed by atoms with Gasteiger partial charge >= 0.3 is 0 Å². The van der Waals surface area contributed by atoms with Crippen molar-refractivity contribution >= 4 is 13.3 Å². The van der Waals surface area contributed by atoms with Crippen molar-refractivity contribution in [2.24, 2.45) is 5.41 Å². The Morgan fingerprint density at radius 3 is 2.56 bits per heavy atom. The monoisotopic (exact) mass is 243 g/mol. The minimum Gasteiger partial charge on any atom is -0.207 e. The van der Waals surface area contributed by atoms with Gasteiger partial charge in [-0.25, -0.2) is 4.39 Å².